The summed E-state index contributed by atoms with van der Waals surface area (Å²) in [6.07, 6.45) is 3.73. The predicted octanol–water partition coefficient (Wildman–Crippen LogP) is 3.19. The van der Waals surface area contributed by atoms with Crippen molar-refractivity contribution in [3.63, 3.8) is 0 Å². The third-order valence-electron chi connectivity index (χ3n) is 5.01. The van der Waals surface area contributed by atoms with Crippen LogP contribution in [0.4, 0.5) is 11.4 Å². The average Bonchev–Trinajstić information content (AvgIpc) is 3.37. The van der Waals surface area contributed by atoms with Crippen molar-refractivity contribution in [3.05, 3.63) is 59.7 Å². The van der Waals surface area contributed by atoms with Crippen LogP contribution in [-0.2, 0) is 17.8 Å². The third kappa shape index (κ3) is 4.20. The molecule has 4 heteroatoms. The normalized spacial score (nSPS) is 15.9. The summed E-state index contributed by atoms with van der Waals surface area (Å²) in [5.41, 5.74) is 4.91. The molecule has 0 spiro atoms. The van der Waals surface area contributed by atoms with Gasteiger partial charge < -0.3 is 15.5 Å². The molecule has 4 nitrogen and oxygen atoms in total. The summed E-state index contributed by atoms with van der Waals surface area (Å²) in [6.45, 7) is 3.34. The molecule has 1 amide bonds. The number of carbonyl (C=O) groups excluding carboxylic acids is 1. The molecule has 2 aliphatic rings. The molecule has 2 N–H and O–H groups in total. The van der Waals surface area contributed by atoms with Gasteiger partial charge in [-0.2, -0.15) is 0 Å². The van der Waals surface area contributed by atoms with E-state index in [2.05, 4.69) is 51.9 Å². The van der Waals surface area contributed by atoms with Crippen LogP contribution in [0.25, 0.3) is 0 Å². The summed E-state index contributed by atoms with van der Waals surface area (Å²) in [5.74, 6) is 0.824. The lowest BCUT2D eigenvalue weighted by Crippen LogP contribution is -2.29. The summed E-state index contributed by atoms with van der Waals surface area (Å²) in [7, 11) is 0. The third-order valence-corrected chi connectivity index (χ3v) is 5.01. The highest BCUT2D eigenvalue weighted by atomic mass is 16.1. The van der Waals surface area contributed by atoms with E-state index >= 15 is 0 Å². The van der Waals surface area contributed by atoms with Gasteiger partial charge in [-0.1, -0.05) is 30.3 Å². The average molecular weight is 335 g/mol. The van der Waals surface area contributed by atoms with Crippen LogP contribution in [0.5, 0.6) is 0 Å². The van der Waals surface area contributed by atoms with Gasteiger partial charge in [0.25, 0.3) is 0 Å². The Bertz CT molecular complexity index is 737. The summed E-state index contributed by atoms with van der Waals surface area (Å²) in [4.78, 5) is 14.4. The van der Waals surface area contributed by atoms with E-state index in [-0.39, 0.29) is 5.91 Å². The Morgan fingerprint density at radius 3 is 2.68 bits per heavy atom. The lowest BCUT2D eigenvalue weighted by atomic mass is 10.1. The quantitative estimate of drug-likeness (QED) is 0.817. The van der Waals surface area contributed by atoms with Gasteiger partial charge >= 0.3 is 0 Å². The Morgan fingerprint density at radius 1 is 1.08 bits per heavy atom. The Labute approximate surface area is 149 Å². The van der Waals surface area contributed by atoms with E-state index in [1.807, 2.05) is 12.1 Å². The molecule has 1 aliphatic carbocycles. The molecule has 1 aliphatic heterocycles. The van der Waals surface area contributed by atoms with Crippen molar-refractivity contribution in [3.8, 4) is 0 Å². The number of anilines is 2. The van der Waals surface area contributed by atoms with E-state index < -0.39 is 0 Å². The van der Waals surface area contributed by atoms with Crippen LogP contribution in [0.1, 0.15) is 24.0 Å². The molecule has 2 aromatic carbocycles. The summed E-state index contributed by atoms with van der Waals surface area (Å²) in [5, 5.41) is 6.18. The molecule has 4 rings (SSSR count). The summed E-state index contributed by atoms with van der Waals surface area (Å²) in [6, 6.07) is 16.8. The van der Waals surface area contributed by atoms with Gasteiger partial charge in [-0.25, -0.2) is 0 Å². The number of benzene rings is 2. The fourth-order valence-electron chi connectivity index (χ4n) is 3.40. The Morgan fingerprint density at radius 2 is 1.88 bits per heavy atom. The molecule has 0 atom stereocenters. The molecule has 0 aromatic heterocycles. The number of para-hydroxylation sites is 1. The van der Waals surface area contributed by atoms with Crippen molar-refractivity contribution < 1.29 is 4.79 Å². The first-order valence-corrected chi connectivity index (χ1v) is 9.20. The highest BCUT2D eigenvalue weighted by molar-refractivity contribution is 5.92. The molecule has 0 saturated heterocycles. The number of carbonyl (C=O) groups is 1. The Hall–Kier alpha value is -2.33. The number of hydrogen-bond donors (Lipinski definition) is 2. The topological polar surface area (TPSA) is 44.4 Å². The first kappa shape index (κ1) is 16.2. The minimum absolute atomic E-state index is 0.0295. The van der Waals surface area contributed by atoms with Crippen LogP contribution in [0.15, 0.2) is 48.5 Å². The van der Waals surface area contributed by atoms with E-state index in [1.165, 1.54) is 29.7 Å². The highest BCUT2D eigenvalue weighted by Crippen LogP contribution is 2.29. The monoisotopic (exact) mass is 335 g/mol. The van der Waals surface area contributed by atoms with Crippen molar-refractivity contribution in [2.24, 2.45) is 5.92 Å². The van der Waals surface area contributed by atoms with Gasteiger partial charge in [-0.15, -0.1) is 0 Å². The number of nitrogens with zero attached hydrogens (tertiary/aromatic N) is 1. The van der Waals surface area contributed by atoms with Crippen LogP contribution in [-0.4, -0.2) is 25.5 Å². The van der Waals surface area contributed by atoms with Crippen LogP contribution in [0.2, 0.25) is 0 Å². The van der Waals surface area contributed by atoms with Gasteiger partial charge in [0.2, 0.25) is 5.91 Å². The van der Waals surface area contributed by atoms with Crippen LogP contribution >= 0.6 is 0 Å². The number of hydrogen-bond acceptors (Lipinski definition) is 3. The largest absolute Gasteiger partial charge is 0.367 e. The van der Waals surface area contributed by atoms with Crippen molar-refractivity contribution in [1.82, 2.24) is 5.32 Å². The minimum Gasteiger partial charge on any atom is -0.367 e. The minimum atomic E-state index is 0.0295. The molecular formula is C21H25N3O. The molecule has 2 aromatic rings. The number of rotatable bonds is 7. The standard InChI is InChI=1S/C21H25N3O/c25-21(14-22-13-16-5-6-16)23-19-9-7-17(8-10-19)15-24-12-11-18-3-1-2-4-20(18)24/h1-4,7-10,16,22H,5-6,11-15H2,(H,23,25). The second-order valence-corrected chi connectivity index (χ2v) is 7.12. The lowest BCUT2D eigenvalue weighted by Gasteiger charge is -2.19. The first-order chi connectivity index (χ1) is 12.3. The smallest absolute Gasteiger partial charge is 0.238 e. The van der Waals surface area contributed by atoms with E-state index in [0.717, 1.165) is 37.7 Å². The van der Waals surface area contributed by atoms with Crippen molar-refractivity contribution in [2.75, 3.05) is 29.9 Å². The van der Waals surface area contributed by atoms with Gasteiger partial charge in [0.1, 0.15) is 0 Å². The molecule has 130 valence electrons. The van der Waals surface area contributed by atoms with E-state index in [1.54, 1.807) is 0 Å². The van der Waals surface area contributed by atoms with E-state index in [4.69, 9.17) is 0 Å². The molecule has 25 heavy (non-hydrogen) atoms. The van der Waals surface area contributed by atoms with Gasteiger partial charge in [-0.05, 0) is 61.1 Å². The molecular weight excluding hydrogens is 310 g/mol. The van der Waals surface area contributed by atoms with Gasteiger partial charge in [0.05, 0.1) is 6.54 Å². The fraction of sp³-hybridized carbons (Fsp3) is 0.381. The maximum Gasteiger partial charge on any atom is 0.238 e. The second kappa shape index (κ2) is 7.28. The maximum atomic E-state index is 11.9. The van der Waals surface area contributed by atoms with Gasteiger partial charge in [-0.3, -0.25) is 4.79 Å². The Balaban J connectivity index is 1.29. The van der Waals surface area contributed by atoms with Crippen molar-refractivity contribution in [2.45, 2.75) is 25.8 Å². The van der Waals surface area contributed by atoms with E-state index in [0.29, 0.717) is 6.54 Å². The SMILES string of the molecule is O=C(CNCC1CC1)Nc1ccc(CN2CCc3ccccc32)cc1. The summed E-state index contributed by atoms with van der Waals surface area (Å²) >= 11 is 0. The zero-order valence-corrected chi connectivity index (χ0v) is 14.5. The highest BCUT2D eigenvalue weighted by Gasteiger charge is 2.20. The van der Waals surface area contributed by atoms with Gasteiger partial charge in [0, 0.05) is 24.5 Å². The number of nitrogens with one attached hydrogen (secondary N) is 2. The molecule has 1 fully saturated rings. The molecule has 1 saturated carbocycles. The predicted molar refractivity (Wildman–Crippen MR) is 102 cm³/mol. The molecule has 0 radical (unpaired) electrons. The maximum absolute atomic E-state index is 11.9. The Kier molecular flexibility index (Phi) is 4.70. The lowest BCUT2D eigenvalue weighted by molar-refractivity contribution is -0.115. The number of fused-ring (bicyclic) bond motifs is 1. The second-order valence-electron chi connectivity index (χ2n) is 7.12. The molecule has 1 heterocycles. The van der Waals surface area contributed by atoms with Gasteiger partial charge in [0.15, 0.2) is 0 Å². The molecule has 0 bridgehead atoms. The van der Waals surface area contributed by atoms with Crippen LogP contribution in [0.3, 0.4) is 0 Å². The number of amides is 1. The summed E-state index contributed by atoms with van der Waals surface area (Å²) < 4.78 is 0. The van der Waals surface area contributed by atoms with Crippen LogP contribution < -0.4 is 15.5 Å². The zero-order valence-electron chi connectivity index (χ0n) is 14.5. The fourth-order valence-corrected chi connectivity index (χ4v) is 3.40. The van der Waals surface area contributed by atoms with Crippen LogP contribution in [0, 0.1) is 5.92 Å². The first-order valence-electron chi connectivity index (χ1n) is 9.20. The molecule has 0 unspecified atom stereocenters. The van der Waals surface area contributed by atoms with Crippen molar-refractivity contribution in [1.29, 1.82) is 0 Å². The van der Waals surface area contributed by atoms with E-state index in [9.17, 15) is 4.79 Å². The zero-order chi connectivity index (χ0) is 17.1. The van der Waals surface area contributed by atoms with Crippen molar-refractivity contribution >= 4 is 17.3 Å².